The van der Waals surface area contributed by atoms with E-state index >= 15 is 0 Å². The third kappa shape index (κ3) is 2.99. The number of hydrogen-bond donors (Lipinski definition) is 2. The van der Waals surface area contributed by atoms with Gasteiger partial charge in [-0.1, -0.05) is 46.6 Å². The number of allylic oxidation sites excluding steroid dienone is 2. The minimum atomic E-state index is -1.09. The fraction of sp³-hybridized carbons (Fsp3) is 0.630. The molecule has 3 fully saturated rings. The molecule has 4 N–H and O–H groups in total. The maximum absolute atomic E-state index is 13.5. The van der Waals surface area contributed by atoms with E-state index in [4.69, 9.17) is 11.5 Å². The molecule has 1 aliphatic heterocycles. The lowest BCUT2D eigenvalue weighted by atomic mass is 9.52. The van der Waals surface area contributed by atoms with Crippen LogP contribution in [0.2, 0.25) is 0 Å². The number of unbranched alkanes of at least 4 members (excludes halogenated alkanes) is 1. The maximum atomic E-state index is 13.5. The lowest BCUT2D eigenvalue weighted by Gasteiger charge is -2.48. The van der Waals surface area contributed by atoms with Crippen LogP contribution in [0.4, 0.5) is 0 Å². The summed E-state index contributed by atoms with van der Waals surface area (Å²) in [5, 5.41) is 0. The second kappa shape index (κ2) is 7.94. The van der Waals surface area contributed by atoms with Gasteiger partial charge >= 0.3 is 0 Å². The van der Waals surface area contributed by atoms with Crippen LogP contribution >= 0.6 is 15.9 Å². The first-order chi connectivity index (χ1) is 15.7. The fourth-order valence-electron chi connectivity index (χ4n) is 8.19. The second-order valence-corrected chi connectivity index (χ2v) is 12.0. The quantitative estimate of drug-likeness (QED) is 0.401. The highest BCUT2D eigenvalue weighted by Gasteiger charge is 2.82. The number of benzene rings is 1. The summed E-state index contributed by atoms with van der Waals surface area (Å²) in [6, 6.07) is 9.03. The number of carbonyl (C=O) groups excluding carboxylic acids is 2. The van der Waals surface area contributed by atoms with Crippen molar-refractivity contribution in [2.75, 3.05) is 6.54 Å². The topological polar surface area (TPSA) is 89.4 Å². The van der Waals surface area contributed by atoms with Crippen molar-refractivity contribution in [2.45, 2.75) is 76.3 Å². The standard InChI is InChI=1S/C27H36BrN3O2/c1-17-5-6-18(2)31(17)16-4-3-13-26(23(29)32)21-11-12-22(25(21)14-15-25)27(26,24(30)33)19-7-9-20(28)10-8-19/h7-12,17-18,21-22H,3-6,13-16H2,1-2H3,(H2,29,32)(H2,30,33)/t17?,18?,21-,22+,26+,27-/m1/s1. The Morgan fingerprint density at radius 3 is 2.12 bits per heavy atom. The van der Waals surface area contributed by atoms with Crippen LogP contribution in [-0.2, 0) is 15.0 Å². The number of likely N-dealkylation sites (tertiary alicyclic amines) is 1. The molecule has 33 heavy (non-hydrogen) atoms. The van der Waals surface area contributed by atoms with Gasteiger partial charge in [0.2, 0.25) is 11.8 Å². The molecule has 2 saturated carbocycles. The number of carbonyl (C=O) groups is 2. The van der Waals surface area contributed by atoms with E-state index in [2.05, 4.69) is 46.8 Å². The van der Waals surface area contributed by atoms with Gasteiger partial charge in [-0.05, 0) is 87.9 Å². The number of halogens is 1. The molecule has 6 atom stereocenters. The Bertz CT molecular complexity index is 978. The van der Waals surface area contributed by atoms with E-state index in [1.165, 1.54) is 12.8 Å². The molecular weight excluding hydrogens is 478 g/mol. The van der Waals surface area contributed by atoms with E-state index in [9.17, 15) is 9.59 Å². The van der Waals surface area contributed by atoms with E-state index in [1.54, 1.807) is 0 Å². The minimum Gasteiger partial charge on any atom is -0.369 e. The Kier molecular flexibility index (Phi) is 5.56. The molecule has 0 aromatic heterocycles. The maximum Gasteiger partial charge on any atom is 0.229 e. The first kappa shape index (κ1) is 23.1. The zero-order chi connectivity index (χ0) is 23.6. The number of amides is 2. The summed E-state index contributed by atoms with van der Waals surface area (Å²) >= 11 is 3.51. The molecule has 1 saturated heterocycles. The number of rotatable bonds is 8. The summed E-state index contributed by atoms with van der Waals surface area (Å²) in [5.74, 6) is -0.864. The van der Waals surface area contributed by atoms with Crippen LogP contribution in [0.5, 0.6) is 0 Å². The largest absolute Gasteiger partial charge is 0.369 e. The molecule has 0 radical (unpaired) electrons. The molecule has 5 nitrogen and oxygen atoms in total. The molecule has 1 aromatic carbocycles. The average molecular weight is 515 g/mol. The zero-order valence-corrected chi connectivity index (χ0v) is 21.3. The summed E-state index contributed by atoms with van der Waals surface area (Å²) < 4.78 is 0.934. The summed E-state index contributed by atoms with van der Waals surface area (Å²) in [7, 11) is 0. The van der Waals surface area contributed by atoms with Crippen LogP contribution < -0.4 is 11.5 Å². The van der Waals surface area contributed by atoms with Crippen LogP contribution in [-0.4, -0.2) is 35.3 Å². The summed E-state index contributed by atoms with van der Waals surface area (Å²) in [4.78, 5) is 29.6. The Hall–Kier alpha value is -1.66. The van der Waals surface area contributed by atoms with E-state index in [0.29, 0.717) is 18.5 Å². The third-order valence-electron chi connectivity index (χ3n) is 9.76. The van der Waals surface area contributed by atoms with Gasteiger partial charge in [0.25, 0.3) is 0 Å². The molecule has 2 amide bonds. The third-order valence-corrected chi connectivity index (χ3v) is 10.3. The molecule has 2 bridgehead atoms. The first-order valence-corrected chi connectivity index (χ1v) is 13.3. The SMILES string of the molecule is CC1CCC(C)N1CCCC[C@@]1(C(N)=O)[C@@H]2C=C[C@@H](C23CC3)[C@@]1(C(N)=O)c1ccc(Br)cc1. The van der Waals surface area contributed by atoms with Crippen LogP contribution in [0, 0.1) is 22.7 Å². The minimum absolute atomic E-state index is 0.0201. The molecule has 1 aromatic rings. The van der Waals surface area contributed by atoms with Gasteiger partial charge in [0.05, 0.1) is 10.8 Å². The first-order valence-electron chi connectivity index (χ1n) is 12.5. The van der Waals surface area contributed by atoms with Gasteiger partial charge in [0.15, 0.2) is 0 Å². The van der Waals surface area contributed by atoms with E-state index < -0.39 is 16.7 Å². The second-order valence-electron chi connectivity index (χ2n) is 11.1. The monoisotopic (exact) mass is 513 g/mol. The number of nitrogens with two attached hydrogens (primary N) is 2. The summed E-state index contributed by atoms with van der Waals surface area (Å²) in [6.07, 6.45) is 11.4. The van der Waals surface area contributed by atoms with Crippen molar-refractivity contribution in [1.29, 1.82) is 0 Å². The van der Waals surface area contributed by atoms with Crippen molar-refractivity contribution in [2.24, 2.45) is 34.1 Å². The number of nitrogens with zero attached hydrogens (tertiary/aromatic N) is 1. The van der Waals surface area contributed by atoms with Crippen LogP contribution in [0.15, 0.2) is 40.9 Å². The number of hydrogen-bond acceptors (Lipinski definition) is 3. The van der Waals surface area contributed by atoms with Crippen molar-refractivity contribution in [3.63, 3.8) is 0 Å². The molecule has 178 valence electrons. The molecule has 5 rings (SSSR count). The molecule has 2 unspecified atom stereocenters. The summed E-state index contributed by atoms with van der Waals surface area (Å²) in [6.45, 7) is 5.63. The van der Waals surface area contributed by atoms with Crippen molar-refractivity contribution in [3.05, 3.63) is 46.5 Å². The van der Waals surface area contributed by atoms with Gasteiger partial charge in [0, 0.05) is 22.5 Å². The van der Waals surface area contributed by atoms with Gasteiger partial charge in [-0.3, -0.25) is 14.5 Å². The van der Waals surface area contributed by atoms with E-state index in [0.717, 1.165) is 42.3 Å². The van der Waals surface area contributed by atoms with Crippen LogP contribution in [0.25, 0.3) is 0 Å². The van der Waals surface area contributed by atoms with Gasteiger partial charge in [-0.2, -0.15) is 0 Å². The van der Waals surface area contributed by atoms with Crippen LogP contribution in [0.1, 0.15) is 64.4 Å². The van der Waals surface area contributed by atoms with Crippen molar-refractivity contribution in [3.8, 4) is 0 Å². The average Bonchev–Trinajstić information content (AvgIpc) is 3.34. The molecule has 6 heteroatoms. The van der Waals surface area contributed by atoms with Crippen molar-refractivity contribution < 1.29 is 9.59 Å². The van der Waals surface area contributed by atoms with E-state index in [1.807, 2.05) is 24.3 Å². The molecule has 1 spiro atoms. The molecular formula is C27H36BrN3O2. The zero-order valence-electron chi connectivity index (χ0n) is 19.7. The predicted octanol–water partition coefficient (Wildman–Crippen LogP) is 4.28. The van der Waals surface area contributed by atoms with E-state index in [-0.39, 0.29) is 23.2 Å². The van der Waals surface area contributed by atoms with Crippen molar-refractivity contribution in [1.82, 2.24) is 4.90 Å². The highest BCUT2D eigenvalue weighted by atomic mass is 79.9. The predicted molar refractivity (Wildman–Crippen MR) is 133 cm³/mol. The molecule has 1 heterocycles. The Labute approximate surface area is 205 Å². The van der Waals surface area contributed by atoms with Crippen molar-refractivity contribution >= 4 is 27.7 Å². The number of primary amides is 2. The lowest BCUT2D eigenvalue weighted by molar-refractivity contribution is -0.143. The Balaban J connectivity index is 1.52. The highest BCUT2D eigenvalue weighted by molar-refractivity contribution is 9.10. The highest BCUT2D eigenvalue weighted by Crippen LogP contribution is 2.80. The Morgan fingerprint density at radius 1 is 0.970 bits per heavy atom. The normalized spacial score (nSPS) is 38.3. The van der Waals surface area contributed by atoms with Gasteiger partial charge in [-0.25, -0.2) is 0 Å². The Morgan fingerprint density at radius 2 is 1.58 bits per heavy atom. The molecule has 3 aliphatic carbocycles. The van der Waals surface area contributed by atoms with Gasteiger partial charge in [0.1, 0.15) is 0 Å². The molecule has 4 aliphatic rings. The smallest absolute Gasteiger partial charge is 0.229 e. The lowest BCUT2D eigenvalue weighted by Crippen LogP contribution is -2.62. The van der Waals surface area contributed by atoms with Crippen LogP contribution in [0.3, 0.4) is 0 Å². The summed E-state index contributed by atoms with van der Waals surface area (Å²) in [5.41, 5.74) is 11.3. The van der Waals surface area contributed by atoms with Gasteiger partial charge in [-0.15, -0.1) is 0 Å². The fourth-order valence-corrected chi connectivity index (χ4v) is 8.46. The van der Waals surface area contributed by atoms with Gasteiger partial charge < -0.3 is 11.5 Å².